The van der Waals surface area contributed by atoms with Crippen molar-refractivity contribution in [1.29, 1.82) is 0 Å². The fourth-order valence-corrected chi connectivity index (χ4v) is 2.90. The second-order valence-electron chi connectivity index (χ2n) is 4.02. The monoisotopic (exact) mass is 308 g/mol. The van der Waals surface area contributed by atoms with Gasteiger partial charge in [0.2, 0.25) is 10.0 Å². The summed E-state index contributed by atoms with van der Waals surface area (Å²) in [5, 5.41) is 0. The molecule has 0 atom stereocenters. The molecule has 0 saturated carbocycles. The Bertz CT molecular complexity index is 492. The average molecular weight is 309 g/mol. The van der Waals surface area contributed by atoms with E-state index in [2.05, 4.69) is 4.72 Å². The zero-order valence-corrected chi connectivity index (χ0v) is 12.8. The number of benzene rings is 1. The molecule has 0 unspecified atom stereocenters. The van der Waals surface area contributed by atoms with Gasteiger partial charge in [-0.25, -0.2) is 13.1 Å². The van der Waals surface area contributed by atoms with Crippen LogP contribution in [-0.4, -0.2) is 28.6 Å². The molecule has 0 fully saturated rings. The molecule has 7 heteroatoms. The number of ether oxygens (including phenoxy) is 1. The lowest BCUT2D eigenvalue weighted by molar-refractivity contribution is 0.414. The first kappa shape index (κ1) is 18.2. The van der Waals surface area contributed by atoms with Gasteiger partial charge in [-0.05, 0) is 50.1 Å². The maximum Gasteiger partial charge on any atom is 0.240 e. The second kappa shape index (κ2) is 8.37. The molecule has 1 aromatic rings. The van der Waals surface area contributed by atoms with Crippen LogP contribution >= 0.6 is 12.4 Å². The van der Waals surface area contributed by atoms with Crippen molar-refractivity contribution in [2.75, 3.05) is 20.2 Å². The first-order valence-corrected chi connectivity index (χ1v) is 7.34. The van der Waals surface area contributed by atoms with Gasteiger partial charge in [-0.1, -0.05) is 0 Å². The second-order valence-corrected chi connectivity index (χ2v) is 5.76. The van der Waals surface area contributed by atoms with Gasteiger partial charge in [0.25, 0.3) is 0 Å². The maximum absolute atomic E-state index is 12.0. The number of methoxy groups -OCH3 is 1. The molecule has 0 aliphatic carbocycles. The summed E-state index contributed by atoms with van der Waals surface area (Å²) in [7, 11) is -1.89. The first-order chi connectivity index (χ1) is 8.51. The van der Waals surface area contributed by atoms with Crippen LogP contribution in [0.25, 0.3) is 0 Å². The number of rotatable bonds is 7. The normalized spacial score (nSPS) is 10.9. The Morgan fingerprint density at radius 2 is 2.00 bits per heavy atom. The Labute approximate surface area is 121 Å². The molecular formula is C12H21ClN2O3S. The predicted octanol–water partition coefficient (Wildman–Crippen LogP) is 1.44. The summed E-state index contributed by atoms with van der Waals surface area (Å²) in [5.41, 5.74) is 6.02. The van der Waals surface area contributed by atoms with Crippen molar-refractivity contribution in [2.45, 2.75) is 24.7 Å². The van der Waals surface area contributed by atoms with E-state index in [0.717, 1.165) is 12.8 Å². The third kappa shape index (κ3) is 5.36. The molecule has 0 saturated heterocycles. The summed E-state index contributed by atoms with van der Waals surface area (Å²) < 4.78 is 31.7. The van der Waals surface area contributed by atoms with Gasteiger partial charge in [0.05, 0.1) is 12.0 Å². The molecule has 3 N–H and O–H groups in total. The summed E-state index contributed by atoms with van der Waals surface area (Å²) in [6.07, 6.45) is 1.55. The number of nitrogens with one attached hydrogen (secondary N) is 1. The molecule has 1 aromatic carbocycles. The Morgan fingerprint density at radius 1 is 1.32 bits per heavy atom. The van der Waals surface area contributed by atoms with E-state index >= 15 is 0 Å². The Hall–Kier alpha value is -0.820. The molecule has 0 aliphatic heterocycles. The molecule has 0 spiro atoms. The van der Waals surface area contributed by atoms with E-state index in [-0.39, 0.29) is 17.3 Å². The van der Waals surface area contributed by atoms with Crippen LogP contribution in [0.2, 0.25) is 0 Å². The van der Waals surface area contributed by atoms with Crippen LogP contribution in [0.4, 0.5) is 0 Å². The van der Waals surface area contributed by atoms with E-state index in [1.54, 1.807) is 32.2 Å². The van der Waals surface area contributed by atoms with E-state index in [9.17, 15) is 8.42 Å². The number of sulfonamides is 1. The van der Waals surface area contributed by atoms with Gasteiger partial charge in [-0.2, -0.15) is 0 Å². The van der Waals surface area contributed by atoms with Crippen molar-refractivity contribution >= 4 is 22.4 Å². The minimum atomic E-state index is -3.44. The fourth-order valence-electron chi connectivity index (χ4n) is 1.60. The van der Waals surface area contributed by atoms with Crippen LogP contribution < -0.4 is 15.2 Å². The smallest absolute Gasteiger partial charge is 0.240 e. The molecule has 1 rings (SSSR count). The van der Waals surface area contributed by atoms with Crippen LogP contribution in [0.15, 0.2) is 23.1 Å². The van der Waals surface area contributed by atoms with Crippen molar-refractivity contribution in [1.82, 2.24) is 4.72 Å². The van der Waals surface area contributed by atoms with Gasteiger partial charge in [-0.15, -0.1) is 12.4 Å². The molecule has 0 amide bonds. The first-order valence-electron chi connectivity index (χ1n) is 5.85. The number of aryl methyl sites for hydroxylation is 1. The van der Waals surface area contributed by atoms with Gasteiger partial charge < -0.3 is 10.5 Å². The van der Waals surface area contributed by atoms with Crippen molar-refractivity contribution in [3.8, 4) is 5.75 Å². The molecule has 0 aromatic heterocycles. The summed E-state index contributed by atoms with van der Waals surface area (Å²) in [6, 6.07) is 4.90. The minimum Gasteiger partial charge on any atom is -0.497 e. The molecule has 0 radical (unpaired) electrons. The standard InChI is InChI=1S/C12H20N2O3S.ClH/c1-10-9-11(17-2)5-6-12(10)18(15,16)14-8-4-3-7-13;/h5-6,9,14H,3-4,7-8,13H2,1-2H3;1H. The molecule has 110 valence electrons. The Morgan fingerprint density at radius 3 is 2.53 bits per heavy atom. The molecule has 0 heterocycles. The lowest BCUT2D eigenvalue weighted by Gasteiger charge is -2.10. The number of halogens is 1. The summed E-state index contributed by atoms with van der Waals surface area (Å²) in [6.45, 7) is 2.73. The van der Waals surface area contributed by atoms with Gasteiger partial charge >= 0.3 is 0 Å². The lowest BCUT2D eigenvalue weighted by atomic mass is 10.2. The van der Waals surface area contributed by atoms with Crippen LogP contribution in [-0.2, 0) is 10.0 Å². The zero-order chi connectivity index (χ0) is 13.6. The topological polar surface area (TPSA) is 81.4 Å². The van der Waals surface area contributed by atoms with Gasteiger partial charge in [0.15, 0.2) is 0 Å². The number of hydrogen-bond acceptors (Lipinski definition) is 4. The third-order valence-electron chi connectivity index (χ3n) is 2.59. The molecule has 0 aliphatic rings. The quantitative estimate of drug-likeness (QED) is 0.747. The van der Waals surface area contributed by atoms with E-state index in [1.165, 1.54) is 0 Å². The van der Waals surface area contributed by atoms with Gasteiger partial charge in [0, 0.05) is 6.54 Å². The van der Waals surface area contributed by atoms with Crippen LogP contribution in [0, 0.1) is 6.92 Å². The van der Waals surface area contributed by atoms with Gasteiger partial charge in [0.1, 0.15) is 5.75 Å². The van der Waals surface area contributed by atoms with Crippen LogP contribution in [0.1, 0.15) is 18.4 Å². The largest absolute Gasteiger partial charge is 0.497 e. The van der Waals surface area contributed by atoms with Crippen molar-refractivity contribution in [3.05, 3.63) is 23.8 Å². The average Bonchev–Trinajstić information content (AvgIpc) is 2.34. The molecule has 19 heavy (non-hydrogen) atoms. The van der Waals surface area contributed by atoms with E-state index in [1.807, 2.05) is 0 Å². The highest BCUT2D eigenvalue weighted by molar-refractivity contribution is 7.89. The summed E-state index contributed by atoms with van der Waals surface area (Å²) >= 11 is 0. The predicted molar refractivity (Wildman–Crippen MR) is 78.5 cm³/mol. The van der Waals surface area contributed by atoms with Crippen molar-refractivity contribution in [2.24, 2.45) is 5.73 Å². The van der Waals surface area contributed by atoms with Crippen molar-refractivity contribution < 1.29 is 13.2 Å². The summed E-state index contributed by atoms with van der Waals surface area (Å²) in [5.74, 6) is 0.648. The van der Waals surface area contributed by atoms with Crippen LogP contribution in [0.5, 0.6) is 5.75 Å². The minimum absolute atomic E-state index is 0. The zero-order valence-electron chi connectivity index (χ0n) is 11.2. The third-order valence-corrected chi connectivity index (χ3v) is 4.22. The van der Waals surface area contributed by atoms with Crippen molar-refractivity contribution in [3.63, 3.8) is 0 Å². The summed E-state index contributed by atoms with van der Waals surface area (Å²) in [4.78, 5) is 0.288. The van der Waals surface area contributed by atoms with E-state index < -0.39 is 10.0 Å². The number of nitrogens with two attached hydrogens (primary N) is 1. The number of unbranched alkanes of at least 4 members (excludes halogenated alkanes) is 1. The van der Waals surface area contributed by atoms with E-state index in [4.69, 9.17) is 10.5 Å². The van der Waals surface area contributed by atoms with Crippen LogP contribution in [0.3, 0.4) is 0 Å². The lowest BCUT2D eigenvalue weighted by Crippen LogP contribution is -2.25. The number of hydrogen-bond donors (Lipinski definition) is 2. The van der Waals surface area contributed by atoms with E-state index in [0.29, 0.717) is 24.4 Å². The highest BCUT2D eigenvalue weighted by Crippen LogP contribution is 2.20. The SMILES string of the molecule is COc1ccc(S(=O)(=O)NCCCCN)c(C)c1.Cl. The Kier molecular flexibility index (Phi) is 8.01. The molecule has 5 nitrogen and oxygen atoms in total. The molecule has 0 bridgehead atoms. The Balaban J connectivity index is 0.00000324. The molecular weight excluding hydrogens is 288 g/mol. The fraction of sp³-hybridized carbons (Fsp3) is 0.500. The maximum atomic E-state index is 12.0. The highest BCUT2D eigenvalue weighted by atomic mass is 35.5. The van der Waals surface area contributed by atoms with Gasteiger partial charge in [-0.3, -0.25) is 0 Å². The highest BCUT2D eigenvalue weighted by Gasteiger charge is 2.16.